The van der Waals surface area contributed by atoms with Crippen LogP contribution in [-0.4, -0.2) is 16.0 Å². The average molecular weight is 495 g/mol. The van der Waals surface area contributed by atoms with Crippen molar-refractivity contribution in [2.45, 2.75) is 36.7 Å². The van der Waals surface area contributed by atoms with E-state index in [4.69, 9.17) is 0 Å². The Morgan fingerprint density at radius 2 is 1.58 bits per heavy atom. The molecule has 0 saturated carbocycles. The van der Waals surface area contributed by atoms with Crippen LogP contribution in [0.15, 0.2) is 101 Å². The Hall–Kier alpha value is -4.03. The summed E-state index contributed by atoms with van der Waals surface area (Å²) in [7, 11) is -1.56. The van der Waals surface area contributed by atoms with Gasteiger partial charge in [0, 0.05) is 12.1 Å². The molecule has 0 aromatic heterocycles. The van der Waals surface area contributed by atoms with Gasteiger partial charge in [0.2, 0.25) is 0 Å². The fourth-order valence-corrected chi connectivity index (χ4v) is 5.65. The number of amides is 2. The van der Waals surface area contributed by atoms with Crippen molar-refractivity contribution in [3.05, 3.63) is 124 Å². The van der Waals surface area contributed by atoms with Gasteiger partial charge in [0.25, 0.3) is 11.8 Å². The Bertz CT molecular complexity index is 1490. The van der Waals surface area contributed by atoms with Crippen LogP contribution in [0.3, 0.4) is 0 Å². The monoisotopic (exact) mass is 494 g/mol. The Kier molecular flexibility index (Phi) is 6.53. The van der Waals surface area contributed by atoms with Crippen molar-refractivity contribution in [3.63, 3.8) is 0 Å². The van der Waals surface area contributed by atoms with Gasteiger partial charge in [-0.05, 0) is 60.9 Å². The second-order valence-electron chi connectivity index (χ2n) is 8.93. The predicted octanol–water partition coefficient (Wildman–Crippen LogP) is 5.56. The number of anilines is 1. The summed E-state index contributed by atoms with van der Waals surface area (Å²) in [4.78, 5) is 29.5. The van der Waals surface area contributed by atoms with Crippen LogP contribution in [0.2, 0.25) is 0 Å². The molecule has 6 heteroatoms. The average Bonchev–Trinajstić information content (AvgIpc) is 2.98. The fraction of sp³-hybridized carbons (Fsp3) is 0.133. The van der Waals surface area contributed by atoms with Gasteiger partial charge in [-0.1, -0.05) is 66.2 Å². The number of nitrogens with one attached hydrogen (secondary N) is 1. The lowest BCUT2D eigenvalue weighted by Gasteiger charge is -2.24. The van der Waals surface area contributed by atoms with Gasteiger partial charge in [0.1, 0.15) is 0 Å². The number of fused-ring (bicyclic) bond motifs is 2. The van der Waals surface area contributed by atoms with E-state index in [0.717, 1.165) is 22.3 Å². The van der Waals surface area contributed by atoms with Crippen molar-refractivity contribution in [3.8, 4) is 0 Å². The molecule has 0 spiro atoms. The van der Waals surface area contributed by atoms with Crippen molar-refractivity contribution in [1.82, 2.24) is 5.32 Å². The smallest absolute Gasteiger partial charge is 0.259 e. The summed E-state index contributed by atoms with van der Waals surface area (Å²) < 4.78 is 13.6. The summed E-state index contributed by atoms with van der Waals surface area (Å²) in [5, 5.41) is 2.95. The molecule has 0 fully saturated rings. The van der Waals surface area contributed by atoms with E-state index >= 15 is 0 Å². The molecule has 0 bridgehead atoms. The van der Waals surface area contributed by atoms with Crippen LogP contribution in [0.4, 0.5) is 5.69 Å². The number of hydrogen-bond acceptors (Lipinski definition) is 3. The summed E-state index contributed by atoms with van der Waals surface area (Å²) in [5.74, 6) is -0.493. The highest BCUT2D eigenvalue weighted by atomic mass is 32.2. The Labute approximate surface area is 213 Å². The zero-order chi connectivity index (χ0) is 25.2. The molecule has 1 aliphatic heterocycles. The molecular weight excluding hydrogens is 468 g/mol. The van der Waals surface area contributed by atoms with E-state index in [2.05, 4.69) is 5.32 Å². The van der Waals surface area contributed by atoms with E-state index in [1.807, 2.05) is 62.4 Å². The van der Waals surface area contributed by atoms with Gasteiger partial charge in [-0.2, -0.15) is 0 Å². The Morgan fingerprint density at radius 1 is 0.861 bits per heavy atom. The van der Waals surface area contributed by atoms with Crippen LogP contribution < -0.4 is 10.2 Å². The molecule has 4 aromatic carbocycles. The number of benzene rings is 4. The van der Waals surface area contributed by atoms with E-state index in [1.165, 1.54) is 0 Å². The van der Waals surface area contributed by atoms with Crippen molar-refractivity contribution in [2.75, 3.05) is 4.90 Å². The zero-order valence-electron chi connectivity index (χ0n) is 20.2. The van der Waals surface area contributed by atoms with Crippen molar-refractivity contribution >= 4 is 28.3 Å². The van der Waals surface area contributed by atoms with Crippen LogP contribution in [0.25, 0.3) is 0 Å². The molecule has 1 atom stereocenters. The van der Waals surface area contributed by atoms with E-state index in [9.17, 15) is 13.8 Å². The Balaban J connectivity index is 1.54. The van der Waals surface area contributed by atoms with Gasteiger partial charge >= 0.3 is 0 Å². The summed E-state index contributed by atoms with van der Waals surface area (Å²) in [6, 6.07) is 27.9. The highest BCUT2D eigenvalue weighted by Gasteiger charge is 2.31. The first-order valence-electron chi connectivity index (χ1n) is 11.8. The van der Waals surface area contributed by atoms with Crippen molar-refractivity contribution < 1.29 is 13.8 Å². The Morgan fingerprint density at radius 3 is 2.36 bits per heavy atom. The summed E-state index contributed by atoms with van der Waals surface area (Å²) in [5.41, 5.74) is 5.49. The van der Waals surface area contributed by atoms with Gasteiger partial charge in [0.05, 0.1) is 38.4 Å². The quantitative estimate of drug-likeness (QED) is 0.395. The molecule has 180 valence electrons. The standard InChI is InChI=1S/C30H26N2O3S/c1-20-11-13-22(14-12-20)18-31-29(33)23-15-16-28-26(17-23)32(19-24-8-4-3-7-21(24)2)30(34)25-9-5-6-10-27(25)36(28)35/h3-17H,18-19H2,1-2H3,(H,31,33). The molecule has 1 heterocycles. The molecule has 2 amide bonds. The summed E-state index contributed by atoms with van der Waals surface area (Å²) in [6.07, 6.45) is 0. The van der Waals surface area contributed by atoms with Crippen LogP contribution in [-0.2, 0) is 23.9 Å². The van der Waals surface area contributed by atoms with Crippen LogP contribution in [0.1, 0.15) is 43.0 Å². The van der Waals surface area contributed by atoms with E-state index in [-0.39, 0.29) is 11.8 Å². The third-order valence-corrected chi connectivity index (χ3v) is 7.94. The lowest BCUT2D eigenvalue weighted by Crippen LogP contribution is -2.31. The minimum absolute atomic E-state index is 0.238. The second-order valence-corrected chi connectivity index (χ2v) is 10.4. The van der Waals surface area contributed by atoms with Crippen molar-refractivity contribution in [2.24, 2.45) is 0 Å². The number of aryl methyl sites for hydroxylation is 2. The first kappa shape index (κ1) is 23.7. The highest BCUT2D eigenvalue weighted by molar-refractivity contribution is 7.85. The van der Waals surface area contributed by atoms with Gasteiger partial charge in [-0.3, -0.25) is 9.59 Å². The minimum Gasteiger partial charge on any atom is -0.348 e. The molecule has 4 aromatic rings. The second kappa shape index (κ2) is 9.91. The molecule has 0 saturated heterocycles. The SMILES string of the molecule is Cc1ccc(CNC(=O)c2ccc3c(c2)N(Cc2ccccc2C)C(=O)c2ccccc2S3=O)cc1. The molecule has 5 nitrogen and oxygen atoms in total. The molecular formula is C30H26N2O3S. The molecule has 0 radical (unpaired) electrons. The molecule has 1 N–H and O–H groups in total. The lowest BCUT2D eigenvalue weighted by atomic mass is 10.1. The molecule has 5 rings (SSSR count). The zero-order valence-corrected chi connectivity index (χ0v) is 21.0. The normalized spacial score (nSPS) is 14.6. The number of carbonyl (C=O) groups is 2. The number of hydrogen-bond donors (Lipinski definition) is 1. The lowest BCUT2D eigenvalue weighted by molar-refractivity contribution is 0.0947. The number of carbonyl (C=O) groups excluding carboxylic acids is 2. The predicted molar refractivity (Wildman–Crippen MR) is 142 cm³/mol. The van der Waals surface area contributed by atoms with E-state index < -0.39 is 10.8 Å². The molecule has 1 aliphatic rings. The first-order chi connectivity index (χ1) is 17.4. The summed E-state index contributed by atoms with van der Waals surface area (Å²) in [6.45, 7) is 4.71. The highest BCUT2D eigenvalue weighted by Crippen LogP contribution is 2.36. The van der Waals surface area contributed by atoms with Gasteiger partial charge < -0.3 is 10.2 Å². The first-order valence-corrected chi connectivity index (χ1v) is 12.9. The molecule has 36 heavy (non-hydrogen) atoms. The largest absolute Gasteiger partial charge is 0.348 e. The minimum atomic E-state index is -1.56. The molecule has 0 aliphatic carbocycles. The van der Waals surface area contributed by atoms with Crippen LogP contribution >= 0.6 is 0 Å². The molecule has 1 unspecified atom stereocenters. The van der Waals surface area contributed by atoms with Crippen LogP contribution in [0, 0.1) is 13.8 Å². The number of rotatable bonds is 5. The number of nitrogens with zero attached hydrogens (tertiary/aromatic N) is 1. The topological polar surface area (TPSA) is 66.5 Å². The van der Waals surface area contributed by atoms with E-state index in [1.54, 1.807) is 47.4 Å². The summed E-state index contributed by atoms with van der Waals surface area (Å²) >= 11 is 0. The van der Waals surface area contributed by atoms with Gasteiger partial charge in [0.15, 0.2) is 0 Å². The maximum absolute atomic E-state index is 13.8. The third kappa shape index (κ3) is 4.60. The maximum Gasteiger partial charge on any atom is 0.259 e. The van der Waals surface area contributed by atoms with Gasteiger partial charge in [-0.15, -0.1) is 0 Å². The van der Waals surface area contributed by atoms with Crippen LogP contribution in [0.5, 0.6) is 0 Å². The van der Waals surface area contributed by atoms with Crippen molar-refractivity contribution in [1.29, 1.82) is 0 Å². The third-order valence-electron chi connectivity index (χ3n) is 6.44. The fourth-order valence-electron chi connectivity index (χ4n) is 4.31. The van der Waals surface area contributed by atoms with Gasteiger partial charge in [-0.25, -0.2) is 4.21 Å². The maximum atomic E-state index is 13.8. The van der Waals surface area contributed by atoms with E-state index in [0.29, 0.717) is 39.7 Å².